The Kier molecular flexibility index (Phi) is 3.89. The molecule has 0 spiro atoms. The van der Waals surface area contributed by atoms with Crippen LogP contribution in [0.1, 0.15) is 15.9 Å². The van der Waals surface area contributed by atoms with Crippen LogP contribution in [-0.4, -0.2) is 21.7 Å². The van der Waals surface area contributed by atoms with Gasteiger partial charge < -0.3 is 10.3 Å². The van der Waals surface area contributed by atoms with Crippen molar-refractivity contribution in [3.63, 3.8) is 0 Å². The van der Waals surface area contributed by atoms with E-state index in [2.05, 4.69) is 15.3 Å². The van der Waals surface area contributed by atoms with Gasteiger partial charge >= 0.3 is 0 Å². The zero-order valence-electron chi connectivity index (χ0n) is 11.5. The highest BCUT2D eigenvalue weighted by Gasteiger charge is 2.19. The van der Waals surface area contributed by atoms with E-state index in [-0.39, 0.29) is 6.54 Å². The van der Waals surface area contributed by atoms with Crippen LogP contribution < -0.4 is 5.32 Å². The van der Waals surface area contributed by atoms with E-state index in [0.29, 0.717) is 16.0 Å². The number of nitrogens with zero attached hydrogens (tertiary/aromatic N) is 1. The van der Waals surface area contributed by atoms with Gasteiger partial charge in [-0.1, -0.05) is 17.7 Å². The number of aromatic nitrogens is 2. The van der Waals surface area contributed by atoms with E-state index in [1.807, 2.05) is 6.07 Å². The Morgan fingerprint density at radius 2 is 2.14 bits per heavy atom. The van der Waals surface area contributed by atoms with E-state index >= 15 is 0 Å². The van der Waals surface area contributed by atoms with Crippen LogP contribution in [-0.2, 0) is 11.3 Å². The van der Waals surface area contributed by atoms with Gasteiger partial charge in [-0.15, -0.1) is 0 Å². The normalized spacial score (nSPS) is 10.6. The van der Waals surface area contributed by atoms with E-state index in [0.717, 1.165) is 11.1 Å². The van der Waals surface area contributed by atoms with E-state index in [1.165, 1.54) is 6.20 Å². The summed E-state index contributed by atoms with van der Waals surface area (Å²) < 4.78 is 0. The Hall–Kier alpha value is -2.66. The molecular weight excluding hydrogens is 302 g/mol. The third-order valence-corrected chi connectivity index (χ3v) is 3.51. The molecular formula is C16H12ClN3O2. The highest BCUT2D eigenvalue weighted by molar-refractivity contribution is 6.45. The molecule has 0 bridgehead atoms. The molecule has 0 aliphatic heterocycles. The Morgan fingerprint density at radius 3 is 2.91 bits per heavy atom. The van der Waals surface area contributed by atoms with Gasteiger partial charge in [0.15, 0.2) is 0 Å². The van der Waals surface area contributed by atoms with Crippen LogP contribution in [0.3, 0.4) is 0 Å². The summed E-state index contributed by atoms with van der Waals surface area (Å²) in [4.78, 5) is 31.2. The molecule has 3 aromatic rings. The predicted octanol–water partition coefficient (Wildman–Crippen LogP) is 2.72. The van der Waals surface area contributed by atoms with Crippen molar-refractivity contribution in [3.05, 3.63) is 65.1 Å². The molecule has 6 heteroatoms. The predicted molar refractivity (Wildman–Crippen MR) is 83.7 cm³/mol. The largest absolute Gasteiger partial charge is 0.360 e. The third-order valence-electron chi connectivity index (χ3n) is 3.27. The number of hydrogen-bond donors (Lipinski definition) is 2. The minimum Gasteiger partial charge on any atom is -0.360 e. The highest BCUT2D eigenvalue weighted by Crippen LogP contribution is 2.22. The zero-order chi connectivity index (χ0) is 15.5. The molecule has 110 valence electrons. The first kappa shape index (κ1) is 14.3. The molecule has 0 unspecified atom stereocenters. The summed E-state index contributed by atoms with van der Waals surface area (Å²) in [5, 5.41) is 3.74. The fraction of sp³-hybridized carbons (Fsp3) is 0.0625. The van der Waals surface area contributed by atoms with Crippen LogP contribution in [0, 0.1) is 0 Å². The summed E-state index contributed by atoms with van der Waals surface area (Å²) in [6.45, 7) is 0.252. The second kappa shape index (κ2) is 5.99. The van der Waals surface area contributed by atoms with E-state index in [9.17, 15) is 9.59 Å². The molecule has 0 aliphatic rings. The number of pyridine rings is 1. The summed E-state index contributed by atoms with van der Waals surface area (Å²) in [6.07, 6.45) is 4.80. The maximum absolute atomic E-state index is 12.3. The second-order valence-electron chi connectivity index (χ2n) is 4.77. The number of amides is 1. The average Bonchev–Trinajstić information content (AvgIpc) is 2.95. The number of rotatable bonds is 4. The smallest absolute Gasteiger partial charge is 0.292 e. The number of aromatic amines is 1. The van der Waals surface area contributed by atoms with Crippen molar-refractivity contribution in [2.45, 2.75) is 6.54 Å². The van der Waals surface area contributed by atoms with E-state index in [4.69, 9.17) is 11.6 Å². The fourth-order valence-electron chi connectivity index (χ4n) is 2.17. The SMILES string of the molecule is O=C(NCc1cccnc1)C(=O)c1c[nH]c2ccc(Cl)cc12. The number of carbonyl (C=O) groups excluding carboxylic acids is 2. The first-order chi connectivity index (χ1) is 10.6. The molecule has 0 aliphatic carbocycles. The zero-order valence-corrected chi connectivity index (χ0v) is 12.2. The van der Waals surface area contributed by atoms with E-state index < -0.39 is 11.7 Å². The Morgan fingerprint density at radius 1 is 1.27 bits per heavy atom. The second-order valence-corrected chi connectivity index (χ2v) is 5.20. The molecule has 22 heavy (non-hydrogen) atoms. The lowest BCUT2D eigenvalue weighted by Gasteiger charge is -2.04. The molecule has 5 nitrogen and oxygen atoms in total. The van der Waals surface area contributed by atoms with Crippen molar-refractivity contribution in [1.29, 1.82) is 0 Å². The molecule has 0 fully saturated rings. The first-order valence-corrected chi connectivity index (χ1v) is 7.01. The number of H-pyrrole nitrogens is 1. The lowest BCUT2D eigenvalue weighted by molar-refractivity contribution is -0.117. The van der Waals surface area contributed by atoms with Crippen molar-refractivity contribution in [2.24, 2.45) is 0 Å². The van der Waals surface area contributed by atoms with Gasteiger partial charge in [-0.25, -0.2) is 0 Å². The van der Waals surface area contributed by atoms with Gasteiger partial charge in [0.2, 0.25) is 0 Å². The summed E-state index contributed by atoms with van der Waals surface area (Å²) in [5.41, 5.74) is 1.89. The lowest BCUT2D eigenvalue weighted by Crippen LogP contribution is -2.30. The maximum atomic E-state index is 12.3. The molecule has 2 aromatic heterocycles. The summed E-state index contributed by atoms with van der Waals surface area (Å²) >= 11 is 5.94. The quantitative estimate of drug-likeness (QED) is 0.574. The molecule has 1 amide bonds. The number of Topliss-reactive ketones (excluding diaryl/α,β-unsaturated/α-hetero) is 1. The summed E-state index contributed by atoms with van der Waals surface area (Å²) in [6, 6.07) is 8.74. The molecule has 2 heterocycles. The van der Waals surface area contributed by atoms with Gasteiger partial charge in [0.05, 0.1) is 5.56 Å². The van der Waals surface area contributed by atoms with Crippen LogP contribution in [0.5, 0.6) is 0 Å². The molecule has 0 saturated heterocycles. The number of hydrogen-bond acceptors (Lipinski definition) is 3. The first-order valence-electron chi connectivity index (χ1n) is 6.63. The number of ketones is 1. The molecule has 0 atom stereocenters. The van der Waals surface area contributed by atoms with Gasteiger partial charge in [0.25, 0.3) is 11.7 Å². The third kappa shape index (κ3) is 2.84. The van der Waals surface area contributed by atoms with Crippen LogP contribution >= 0.6 is 11.6 Å². The van der Waals surface area contributed by atoms with Crippen LogP contribution in [0.4, 0.5) is 0 Å². The monoisotopic (exact) mass is 313 g/mol. The van der Waals surface area contributed by atoms with Crippen LogP contribution in [0.25, 0.3) is 10.9 Å². The minimum atomic E-state index is -0.662. The van der Waals surface area contributed by atoms with Crippen molar-refractivity contribution in [1.82, 2.24) is 15.3 Å². The summed E-state index contributed by atoms with van der Waals surface area (Å²) in [7, 11) is 0. The average molecular weight is 314 g/mol. The van der Waals surface area contributed by atoms with Crippen molar-refractivity contribution >= 4 is 34.2 Å². The van der Waals surface area contributed by atoms with Crippen molar-refractivity contribution in [2.75, 3.05) is 0 Å². The molecule has 0 radical (unpaired) electrons. The Balaban J connectivity index is 1.77. The number of benzene rings is 1. The number of nitrogens with one attached hydrogen (secondary N) is 2. The standard InChI is InChI=1S/C16H12ClN3O2/c17-11-3-4-14-12(6-11)13(9-19-14)15(21)16(22)20-8-10-2-1-5-18-7-10/h1-7,9,19H,8H2,(H,20,22). The number of halogens is 1. The van der Waals surface area contributed by atoms with Crippen molar-refractivity contribution < 1.29 is 9.59 Å². The Bertz CT molecular complexity index is 843. The number of fused-ring (bicyclic) bond motifs is 1. The van der Waals surface area contributed by atoms with Gasteiger partial charge in [0.1, 0.15) is 0 Å². The number of carbonyl (C=O) groups is 2. The van der Waals surface area contributed by atoms with Gasteiger partial charge in [-0.2, -0.15) is 0 Å². The molecule has 0 saturated carbocycles. The van der Waals surface area contributed by atoms with Crippen molar-refractivity contribution in [3.8, 4) is 0 Å². The minimum absolute atomic E-state index is 0.252. The van der Waals surface area contributed by atoms with Crippen LogP contribution in [0.2, 0.25) is 5.02 Å². The molecule has 1 aromatic carbocycles. The van der Waals surface area contributed by atoms with Gasteiger partial charge in [0, 0.05) is 41.1 Å². The topological polar surface area (TPSA) is 74.8 Å². The van der Waals surface area contributed by atoms with Crippen LogP contribution in [0.15, 0.2) is 48.9 Å². The van der Waals surface area contributed by atoms with Gasteiger partial charge in [-0.05, 0) is 29.8 Å². The maximum Gasteiger partial charge on any atom is 0.292 e. The lowest BCUT2D eigenvalue weighted by atomic mass is 10.1. The summed E-state index contributed by atoms with van der Waals surface area (Å²) in [5.74, 6) is -1.26. The fourth-order valence-corrected chi connectivity index (χ4v) is 2.34. The molecule has 3 rings (SSSR count). The van der Waals surface area contributed by atoms with Gasteiger partial charge in [-0.3, -0.25) is 14.6 Å². The molecule has 2 N–H and O–H groups in total. The Labute approximate surface area is 131 Å². The highest BCUT2D eigenvalue weighted by atomic mass is 35.5. The van der Waals surface area contributed by atoms with E-state index in [1.54, 1.807) is 36.7 Å².